The molecular formula is C18H13Cl2NO3. The minimum absolute atomic E-state index is 0.0168. The molecule has 2 aromatic carbocycles. The summed E-state index contributed by atoms with van der Waals surface area (Å²) in [6.45, 7) is 1.99. The Morgan fingerprint density at radius 1 is 1.12 bits per heavy atom. The second-order valence-corrected chi connectivity index (χ2v) is 6.09. The van der Waals surface area contributed by atoms with E-state index in [-0.39, 0.29) is 17.2 Å². The number of esters is 1. The highest BCUT2D eigenvalue weighted by atomic mass is 35.5. The smallest absolute Gasteiger partial charge is 0.340 e. The molecule has 4 nitrogen and oxygen atoms in total. The number of hydrogen-bond acceptors (Lipinski definition) is 4. The monoisotopic (exact) mass is 361 g/mol. The number of nitrogens with zero attached hydrogens (tertiary/aromatic N) is 1. The molecule has 1 aromatic heterocycles. The normalized spacial score (nSPS) is 10.6. The number of carbonyl (C=O) groups is 1. The third kappa shape index (κ3) is 3.78. The quantitative estimate of drug-likeness (QED) is 0.590. The molecule has 0 amide bonds. The minimum atomic E-state index is -0.567. The Bertz CT molecular complexity index is 872. The summed E-state index contributed by atoms with van der Waals surface area (Å²) >= 11 is 11.8. The molecule has 3 aromatic rings. The molecule has 0 atom stereocenters. The van der Waals surface area contributed by atoms with Crippen molar-refractivity contribution in [3.63, 3.8) is 0 Å². The summed E-state index contributed by atoms with van der Waals surface area (Å²) in [5.74, 6) is 0.0456. The molecule has 0 N–H and O–H groups in total. The summed E-state index contributed by atoms with van der Waals surface area (Å²) in [6, 6.07) is 14.2. The fourth-order valence-electron chi connectivity index (χ4n) is 2.10. The SMILES string of the molecule is Cc1ccc(-c2cc(COC(=O)c3cc(Cl)ccc3Cl)no2)cc1. The second kappa shape index (κ2) is 7.07. The van der Waals surface area contributed by atoms with Crippen LogP contribution in [0.4, 0.5) is 0 Å². The van der Waals surface area contributed by atoms with Crippen molar-refractivity contribution in [2.45, 2.75) is 13.5 Å². The molecule has 0 aliphatic heterocycles. The first kappa shape index (κ1) is 16.6. The summed E-state index contributed by atoms with van der Waals surface area (Å²) in [4.78, 5) is 12.1. The van der Waals surface area contributed by atoms with Crippen molar-refractivity contribution in [2.75, 3.05) is 0 Å². The van der Waals surface area contributed by atoms with Crippen molar-refractivity contribution >= 4 is 29.2 Å². The van der Waals surface area contributed by atoms with E-state index in [1.54, 1.807) is 18.2 Å². The number of benzene rings is 2. The highest BCUT2D eigenvalue weighted by Crippen LogP contribution is 2.23. The van der Waals surface area contributed by atoms with Gasteiger partial charge < -0.3 is 9.26 Å². The molecule has 122 valence electrons. The van der Waals surface area contributed by atoms with E-state index < -0.39 is 5.97 Å². The van der Waals surface area contributed by atoms with Crippen LogP contribution in [-0.4, -0.2) is 11.1 Å². The lowest BCUT2D eigenvalue weighted by Crippen LogP contribution is -2.06. The molecule has 0 bridgehead atoms. The maximum absolute atomic E-state index is 12.1. The van der Waals surface area contributed by atoms with E-state index in [0.717, 1.165) is 11.1 Å². The largest absolute Gasteiger partial charge is 0.455 e. The van der Waals surface area contributed by atoms with Gasteiger partial charge >= 0.3 is 5.97 Å². The summed E-state index contributed by atoms with van der Waals surface area (Å²) in [7, 11) is 0. The van der Waals surface area contributed by atoms with Crippen molar-refractivity contribution in [1.82, 2.24) is 5.16 Å². The zero-order valence-corrected chi connectivity index (χ0v) is 14.3. The van der Waals surface area contributed by atoms with E-state index in [9.17, 15) is 4.79 Å². The molecule has 1 heterocycles. The Labute approximate surface area is 148 Å². The van der Waals surface area contributed by atoms with Crippen molar-refractivity contribution in [1.29, 1.82) is 0 Å². The first-order chi connectivity index (χ1) is 11.5. The number of ether oxygens (including phenoxy) is 1. The van der Waals surface area contributed by atoms with Crippen molar-refractivity contribution < 1.29 is 14.1 Å². The van der Waals surface area contributed by atoms with E-state index in [0.29, 0.717) is 16.5 Å². The molecule has 3 rings (SSSR count). The highest BCUT2D eigenvalue weighted by Gasteiger charge is 2.14. The fourth-order valence-corrected chi connectivity index (χ4v) is 2.47. The molecule has 0 aliphatic carbocycles. The summed E-state index contributed by atoms with van der Waals surface area (Å²) in [5, 5.41) is 4.60. The molecule has 0 unspecified atom stereocenters. The second-order valence-electron chi connectivity index (χ2n) is 5.25. The maximum Gasteiger partial charge on any atom is 0.340 e. The summed E-state index contributed by atoms with van der Waals surface area (Å²) in [5.41, 5.74) is 2.79. The number of aryl methyl sites for hydroxylation is 1. The van der Waals surface area contributed by atoms with Crippen molar-refractivity contribution in [3.05, 3.63) is 75.4 Å². The fraction of sp³-hybridized carbons (Fsp3) is 0.111. The number of halogens is 2. The standard InChI is InChI=1S/C18H13Cl2NO3/c1-11-2-4-12(5-3-11)17-9-14(21-24-17)10-23-18(22)15-8-13(19)6-7-16(15)20/h2-9H,10H2,1H3. The molecule has 0 aliphatic rings. The predicted molar refractivity (Wildman–Crippen MR) is 92.3 cm³/mol. The van der Waals surface area contributed by atoms with Gasteiger partial charge in [0.05, 0.1) is 10.6 Å². The van der Waals surface area contributed by atoms with Gasteiger partial charge in [0.25, 0.3) is 0 Å². The van der Waals surface area contributed by atoms with Gasteiger partial charge in [-0.15, -0.1) is 0 Å². The van der Waals surface area contributed by atoms with E-state index in [1.807, 2.05) is 31.2 Å². The third-order valence-electron chi connectivity index (χ3n) is 3.39. The van der Waals surface area contributed by atoms with Crippen molar-refractivity contribution in [3.8, 4) is 11.3 Å². The maximum atomic E-state index is 12.1. The van der Waals surface area contributed by atoms with Crippen LogP contribution in [-0.2, 0) is 11.3 Å². The zero-order valence-electron chi connectivity index (χ0n) is 12.8. The molecule has 24 heavy (non-hydrogen) atoms. The van der Waals surface area contributed by atoms with Gasteiger partial charge in [-0.05, 0) is 25.1 Å². The van der Waals surface area contributed by atoms with Gasteiger partial charge in [0.15, 0.2) is 5.76 Å². The Morgan fingerprint density at radius 3 is 2.62 bits per heavy atom. The van der Waals surface area contributed by atoms with Crippen LogP contribution in [0.25, 0.3) is 11.3 Å². The third-order valence-corrected chi connectivity index (χ3v) is 3.96. The lowest BCUT2D eigenvalue weighted by atomic mass is 10.1. The van der Waals surface area contributed by atoms with Crippen LogP contribution in [0.3, 0.4) is 0 Å². The van der Waals surface area contributed by atoms with E-state index in [4.69, 9.17) is 32.5 Å². The molecule has 0 saturated carbocycles. The molecule has 0 radical (unpaired) electrons. The number of carbonyl (C=O) groups excluding carboxylic acids is 1. The Kier molecular flexibility index (Phi) is 4.88. The van der Waals surface area contributed by atoms with Crippen LogP contribution in [0.1, 0.15) is 21.6 Å². The van der Waals surface area contributed by atoms with Crippen LogP contribution in [0.2, 0.25) is 10.0 Å². The Balaban J connectivity index is 1.68. The van der Waals surface area contributed by atoms with E-state index >= 15 is 0 Å². The van der Waals surface area contributed by atoms with Crippen LogP contribution in [0.15, 0.2) is 53.1 Å². The number of aromatic nitrogens is 1. The van der Waals surface area contributed by atoms with Crippen LogP contribution < -0.4 is 0 Å². The Morgan fingerprint density at radius 2 is 1.88 bits per heavy atom. The van der Waals surface area contributed by atoms with Gasteiger partial charge in [0.1, 0.15) is 12.3 Å². The average Bonchev–Trinajstić information content (AvgIpc) is 3.04. The van der Waals surface area contributed by atoms with Crippen LogP contribution in [0, 0.1) is 6.92 Å². The molecule has 0 fully saturated rings. The first-order valence-corrected chi connectivity index (χ1v) is 7.93. The molecule has 6 heteroatoms. The van der Waals surface area contributed by atoms with Crippen molar-refractivity contribution in [2.24, 2.45) is 0 Å². The number of rotatable bonds is 4. The predicted octanol–water partition coefficient (Wildman–Crippen LogP) is 5.31. The molecular weight excluding hydrogens is 349 g/mol. The van der Waals surface area contributed by atoms with Crippen LogP contribution >= 0.6 is 23.2 Å². The van der Waals surface area contributed by atoms with E-state index in [1.165, 1.54) is 6.07 Å². The van der Waals surface area contributed by atoms with E-state index in [2.05, 4.69) is 5.16 Å². The first-order valence-electron chi connectivity index (χ1n) is 7.18. The highest BCUT2D eigenvalue weighted by molar-refractivity contribution is 6.35. The molecule has 0 spiro atoms. The van der Waals surface area contributed by atoms with Gasteiger partial charge in [-0.1, -0.05) is 58.2 Å². The number of hydrogen-bond donors (Lipinski definition) is 0. The van der Waals surface area contributed by atoms with Crippen LogP contribution in [0.5, 0.6) is 0 Å². The van der Waals surface area contributed by atoms with Gasteiger partial charge in [0.2, 0.25) is 0 Å². The summed E-state index contributed by atoms with van der Waals surface area (Å²) < 4.78 is 10.5. The average molecular weight is 362 g/mol. The summed E-state index contributed by atoms with van der Waals surface area (Å²) in [6.07, 6.45) is 0. The lowest BCUT2D eigenvalue weighted by molar-refractivity contribution is 0.0464. The van der Waals surface area contributed by atoms with Gasteiger partial charge in [0, 0.05) is 16.7 Å². The van der Waals surface area contributed by atoms with Gasteiger partial charge in [-0.25, -0.2) is 4.79 Å². The lowest BCUT2D eigenvalue weighted by Gasteiger charge is -2.04. The van der Waals surface area contributed by atoms with Gasteiger partial charge in [-0.2, -0.15) is 0 Å². The molecule has 0 saturated heterocycles. The Hall–Kier alpha value is -2.30. The topological polar surface area (TPSA) is 52.3 Å². The van der Waals surface area contributed by atoms with Gasteiger partial charge in [-0.3, -0.25) is 0 Å². The zero-order chi connectivity index (χ0) is 17.1. The minimum Gasteiger partial charge on any atom is -0.455 e.